The quantitative estimate of drug-likeness (QED) is 0.851. The van der Waals surface area contributed by atoms with Crippen molar-refractivity contribution >= 4 is 23.4 Å². The number of halogens is 1. The number of urea groups is 1. The number of carbonyl (C=O) groups excluding carboxylic acids is 2. The van der Waals surface area contributed by atoms with Gasteiger partial charge in [-0.3, -0.25) is 4.79 Å². The first-order chi connectivity index (χ1) is 10.0. The third kappa shape index (κ3) is 4.73. The van der Waals surface area contributed by atoms with E-state index in [0.29, 0.717) is 10.6 Å². The molecule has 5 heteroatoms. The Balaban J connectivity index is 2.72. The molecule has 0 aliphatic heterocycles. The second-order valence-electron chi connectivity index (χ2n) is 6.63. The normalized spacial score (nSPS) is 14.1. The molecule has 4 nitrogen and oxygen atoms in total. The number of Topliss-reactive ketones (excluding diaryl/α,β-unsaturated/α-hetero) is 1. The molecular formula is C17H25ClN2O2. The van der Waals surface area contributed by atoms with E-state index in [9.17, 15) is 9.59 Å². The molecule has 122 valence electrons. The van der Waals surface area contributed by atoms with E-state index in [1.54, 1.807) is 36.2 Å². The van der Waals surface area contributed by atoms with Crippen molar-refractivity contribution in [3.63, 3.8) is 0 Å². The summed E-state index contributed by atoms with van der Waals surface area (Å²) in [6, 6.07) is 6.35. The van der Waals surface area contributed by atoms with Crippen molar-refractivity contribution in [2.75, 3.05) is 7.05 Å². The van der Waals surface area contributed by atoms with Gasteiger partial charge in [0.25, 0.3) is 0 Å². The van der Waals surface area contributed by atoms with Crippen LogP contribution >= 0.6 is 11.6 Å². The number of hydrogen-bond donors (Lipinski definition) is 1. The first kappa shape index (κ1) is 18.5. The zero-order valence-corrected chi connectivity index (χ0v) is 14.9. The summed E-state index contributed by atoms with van der Waals surface area (Å²) in [5, 5.41) is 3.48. The zero-order valence-electron chi connectivity index (χ0n) is 14.1. The van der Waals surface area contributed by atoms with E-state index in [0.717, 1.165) is 0 Å². The lowest BCUT2D eigenvalue weighted by Gasteiger charge is -2.33. The summed E-state index contributed by atoms with van der Waals surface area (Å²) in [5.41, 5.74) is 0.329. The van der Waals surface area contributed by atoms with E-state index in [1.807, 2.05) is 34.6 Å². The second-order valence-corrected chi connectivity index (χ2v) is 7.06. The van der Waals surface area contributed by atoms with Crippen molar-refractivity contribution in [3.8, 4) is 0 Å². The van der Waals surface area contributed by atoms with Crippen LogP contribution in [0.3, 0.4) is 0 Å². The van der Waals surface area contributed by atoms with Gasteiger partial charge in [0.2, 0.25) is 0 Å². The van der Waals surface area contributed by atoms with Crippen LogP contribution in [0, 0.1) is 5.92 Å². The summed E-state index contributed by atoms with van der Waals surface area (Å²) in [6.45, 7) is 9.53. The molecule has 0 bridgehead atoms. The Bertz CT molecular complexity index is 535. The fourth-order valence-corrected chi connectivity index (χ4v) is 1.95. The maximum absolute atomic E-state index is 12.4. The molecule has 0 saturated heterocycles. The van der Waals surface area contributed by atoms with Crippen molar-refractivity contribution in [1.29, 1.82) is 0 Å². The van der Waals surface area contributed by atoms with Crippen molar-refractivity contribution in [2.24, 2.45) is 5.92 Å². The van der Waals surface area contributed by atoms with Gasteiger partial charge in [0.05, 0.1) is 0 Å². The van der Waals surface area contributed by atoms with Gasteiger partial charge in [0.15, 0.2) is 5.78 Å². The average Bonchev–Trinajstić information content (AvgIpc) is 2.44. The number of carbonyl (C=O) groups is 2. The number of nitrogens with zero attached hydrogens (tertiary/aromatic N) is 1. The predicted molar refractivity (Wildman–Crippen MR) is 90.5 cm³/mol. The lowest BCUT2D eigenvalue weighted by molar-refractivity contribution is 0.0905. The van der Waals surface area contributed by atoms with Gasteiger partial charge >= 0.3 is 6.03 Å². The van der Waals surface area contributed by atoms with Crippen molar-refractivity contribution in [2.45, 2.75) is 46.2 Å². The predicted octanol–water partition coefficient (Wildman–Crippen LogP) is 3.99. The van der Waals surface area contributed by atoms with Crippen LogP contribution in [0.1, 0.15) is 45.0 Å². The largest absolute Gasteiger partial charge is 0.335 e. The highest BCUT2D eigenvalue weighted by Gasteiger charge is 2.27. The fraction of sp³-hybridized carbons (Fsp3) is 0.529. The fourth-order valence-electron chi connectivity index (χ4n) is 1.83. The maximum Gasteiger partial charge on any atom is 0.317 e. The van der Waals surface area contributed by atoms with Crippen LogP contribution in [-0.2, 0) is 0 Å². The van der Waals surface area contributed by atoms with Gasteiger partial charge in [-0.2, -0.15) is 0 Å². The van der Waals surface area contributed by atoms with Gasteiger partial charge in [-0.1, -0.05) is 18.5 Å². The van der Waals surface area contributed by atoms with E-state index < -0.39 is 0 Å². The summed E-state index contributed by atoms with van der Waals surface area (Å²) < 4.78 is 0. The zero-order chi connectivity index (χ0) is 17.1. The molecule has 0 radical (unpaired) electrons. The number of nitrogens with one attached hydrogen (secondary N) is 1. The van der Waals surface area contributed by atoms with Crippen LogP contribution in [0.4, 0.5) is 4.79 Å². The van der Waals surface area contributed by atoms with E-state index in [1.165, 1.54) is 0 Å². The number of rotatable bonds is 4. The Labute approximate surface area is 137 Å². The summed E-state index contributed by atoms with van der Waals surface area (Å²) in [5.74, 6) is -0.332. The molecule has 0 spiro atoms. The number of benzene rings is 1. The van der Waals surface area contributed by atoms with Crippen LogP contribution in [0.2, 0.25) is 5.02 Å². The smallest absolute Gasteiger partial charge is 0.317 e. The Morgan fingerprint density at radius 1 is 1.14 bits per heavy atom. The summed E-state index contributed by atoms with van der Waals surface area (Å²) >= 11 is 5.83. The van der Waals surface area contributed by atoms with E-state index in [2.05, 4.69) is 5.32 Å². The Morgan fingerprint density at radius 3 is 2.09 bits per heavy atom. The molecule has 1 N–H and O–H groups in total. The first-order valence-corrected chi connectivity index (χ1v) is 7.76. The highest BCUT2D eigenvalue weighted by Crippen LogP contribution is 2.16. The van der Waals surface area contributed by atoms with Gasteiger partial charge < -0.3 is 10.2 Å². The molecule has 1 aromatic carbocycles. The van der Waals surface area contributed by atoms with Gasteiger partial charge in [0, 0.05) is 35.1 Å². The van der Waals surface area contributed by atoms with Crippen molar-refractivity contribution in [1.82, 2.24) is 10.2 Å². The Kier molecular flexibility index (Phi) is 6.00. The Morgan fingerprint density at radius 2 is 1.64 bits per heavy atom. The second kappa shape index (κ2) is 7.14. The molecule has 2 amide bonds. The van der Waals surface area contributed by atoms with Crippen molar-refractivity contribution < 1.29 is 9.59 Å². The minimum Gasteiger partial charge on any atom is -0.335 e. The molecule has 22 heavy (non-hydrogen) atoms. The highest BCUT2D eigenvalue weighted by atomic mass is 35.5. The van der Waals surface area contributed by atoms with Crippen molar-refractivity contribution in [3.05, 3.63) is 34.9 Å². The minimum absolute atomic E-state index is 0.0112. The maximum atomic E-state index is 12.4. The highest BCUT2D eigenvalue weighted by molar-refractivity contribution is 6.30. The number of ketones is 1. The molecule has 1 rings (SSSR count). The van der Waals surface area contributed by atoms with Gasteiger partial charge in [-0.25, -0.2) is 4.79 Å². The SMILES string of the molecule is CC(NC(=O)N(C)C(C)(C)C)C(C)C(=O)c1ccc(Cl)cc1. The molecule has 0 heterocycles. The third-order valence-electron chi connectivity index (χ3n) is 3.95. The van der Waals surface area contributed by atoms with Gasteiger partial charge in [0.1, 0.15) is 0 Å². The van der Waals surface area contributed by atoms with E-state index in [-0.39, 0.29) is 29.3 Å². The summed E-state index contributed by atoms with van der Waals surface area (Å²) in [6.07, 6.45) is 0. The number of amides is 2. The minimum atomic E-state index is -0.321. The van der Waals surface area contributed by atoms with Gasteiger partial charge in [-0.05, 0) is 52.0 Å². The summed E-state index contributed by atoms with van der Waals surface area (Å²) in [7, 11) is 1.74. The molecule has 0 aliphatic carbocycles. The monoisotopic (exact) mass is 324 g/mol. The first-order valence-electron chi connectivity index (χ1n) is 7.38. The van der Waals surface area contributed by atoms with Crippen LogP contribution < -0.4 is 5.32 Å². The van der Waals surface area contributed by atoms with Crippen LogP contribution in [-0.4, -0.2) is 35.3 Å². The van der Waals surface area contributed by atoms with E-state index in [4.69, 9.17) is 11.6 Å². The lowest BCUT2D eigenvalue weighted by atomic mass is 9.93. The molecule has 2 unspecified atom stereocenters. The van der Waals surface area contributed by atoms with Gasteiger partial charge in [-0.15, -0.1) is 0 Å². The van der Waals surface area contributed by atoms with Crippen LogP contribution in [0.25, 0.3) is 0 Å². The molecule has 0 saturated carbocycles. The summed E-state index contributed by atoms with van der Waals surface area (Å²) in [4.78, 5) is 26.3. The topological polar surface area (TPSA) is 49.4 Å². The lowest BCUT2D eigenvalue weighted by Crippen LogP contribution is -2.51. The van der Waals surface area contributed by atoms with Crippen LogP contribution in [0.15, 0.2) is 24.3 Å². The molecule has 0 aliphatic rings. The molecule has 1 aromatic rings. The molecular weight excluding hydrogens is 300 g/mol. The Hall–Kier alpha value is -1.55. The molecule has 0 aromatic heterocycles. The van der Waals surface area contributed by atoms with E-state index >= 15 is 0 Å². The third-order valence-corrected chi connectivity index (χ3v) is 4.21. The number of hydrogen-bond acceptors (Lipinski definition) is 2. The molecule has 0 fully saturated rings. The average molecular weight is 325 g/mol. The molecule has 2 atom stereocenters. The van der Waals surface area contributed by atoms with Crippen LogP contribution in [0.5, 0.6) is 0 Å². The standard InChI is InChI=1S/C17H25ClN2O2/c1-11(15(21)13-7-9-14(18)10-8-13)12(2)19-16(22)20(6)17(3,4)5/h7-12H,1-6H3,(H,19,22).